The van der Waals surface area contributed by atoms with Crippen LogP contribution in [-0.4, -0.2) is 31.6 Å². The number of benzene rings is 1. The second kappa shape index (κ2) is 4.89. The normalized spacial score (nSPS) is 50.3. The molecule has 1 N–H and O–H groups in total. The Bertz CT molecular complexity index is 762. The lowest BCUT2D eigenvalue weighted by atomic mass is 9.57. The van der Waals surface area contributed by atoms with E-state index in [2.05, 4.69) is 5.32 Å². The van der Waals surface area contributed by atoms with Crippen LogP contribution in [0, 0.1) is 53.2 Å². The van der Waals surface area contributed by atoms with Crippen molar-refractivity contribution in [2.75, 3.05) is 19.8 Å². The van der Waals surface area contributed by atoms with E-state index in [0.29, 0.717) is 17.9 Å². The molecule has 1 aromatic rings. The molecule has 4 heteroatoms. The summed E-state index contributed by atoms with van der Waals surface area (Å²) < 4.78 is 26.0. The third-order valence-corrected chi connectivity index (χ3v) is 9.03. The van der Waals surface area contributed by atoms with E-state index >= 15 is 0 Å². The number of aryl methyl sites for hydroxylation is 1. The molecule has 0 radical (unpaired) electrons. The summed E-state index contributed by atoms with van der Waals surface area (Å²) in [6.45, 7) is 2.64. The Balaban J connectivity index is 1.07. The number of hydrogen-bond acceptors (Lipinski definition) is 3. The lowest BCUT2D eigenvalue weighted by molar-refractivity contribution is -0.264. The number of halogens is 1. The molecule has 3 nitrogen and oxygen atoms in total. The molecule has 1 heterocycles. The smallest absolute Gasteiger partial charge is 0.175 e. The second-order valence-electron chi connectivity index (χ2n) is 9.56. The summed E-state index contributed by atoms with van der Waals surface area (Å²) in [7, 11) is 0. The number of ether oxygens (including phenoxy) is 2. The minimum absolute atomic E-state index is 0.123. The Morgan fingerprint density at radius 2 is 1.92 bits per heavy atom. The maximum absolute atomic E-state index is 13.3. The van der Waals surface area contributed by atoms with E-state index in [0.717, 1.165) is 73.7 Å². The molecule has 138 valence electrons. The lowest BCUT2D eigenvalue weighted by Crippen LogP contribution is -2.62. The van der Waals surface area contributed by atoms with Crippen LogP contribution in [0.1, 0.15) is 18.4 Å². The zero-order valence-electron chi connectivity index (χ0n) is 14.9. The highest BCUT2D eigenvalue weighted by Gasteiger charge is 2.88. The van der Waals surface area contributed by atoms with Crippen molar-refractivity contribution < 1.29 is 13.9 Å². The minimum atomic E-state index is -0.188. The van der Waals surface area contributed by atoms with Crippen molar-refractivity contribution in [2.24, 2.45) is 47.3 Å². The summed E-state index contributed by atoms with van der Waals surface area (Å²) in [6.07, 6.45) is 3.47. The van der Waals surface area contributed by atoms with Gasteiger partial charge in [-0.15, -0.1) is 0 Å². The zero-order chi connectivity index (χ0) is 17.0. The van der Waals surface area contributed by atoms with Crippen LogP contribution in [0.2, 0.25) is 0 Å². The van der Waals surface area contributed by atoms with Gasteiger partial charge in [-0.05, 0) is 79.0 Å². The number of rotatable bonds is 5. The van der Waals surface area contributed by atoms with Gasteiger partial charge in [-0.3, -0.25) is 0 Å². The molecule has 5 aliphatic carbocycles. The van der Waals surface area contributed by atoms with Crippen LogP contribution in [0.15, 0.2) is 24.3 Å². The molecule has 6 fully saturated rings. The van der Waals surface area contributed by atoms with Crippen molar-refractivity contribution in [1.82, 2.24) is 5.32 Å². The minimum Gasteiger partial charge on any atom is -0.347 e. The Hall–Kier alpha value is -0.970. The lowest BCUT2D eigenvalue weighted by Gasteiger charge is -2.54. The molecular formula is C22H26FNO2. The van der Waals surface area contributed by atoms with Crippen molar-refractivity contribution >= 4 is 0 Å². The molecule has 1 aromatic carbocycles. The molecule has 1 spiro atoms. The summed E-state index contributed by atoms with van der Waals surface area (Å²) in [5.74, 6) is 6.24. The third-order valence-electron chi connectivity index (χ3n) is 9.03. The highest BCUT2D eigenvalue weighted by Crippen LogP contribution is 2.86. The van der Waals surface area contributed by atoms with Crippen LogP contribution in [0.25, 0.3) is 0 Å². The van der Waals surface area contributed by atoms with Crippen LogP contribution in [0.5, 0.6) is 0 Å². The van der Waals surface area contributed by atoms with Crippen molar-refractivity contribution in [3.8, 4) is 0 Å². The molecule has 26 heavy (non-hydrogen) atoms. The SMILES string of the molecule is Fc1cccc(CCCN[C@@H]2[C@H]3[C@H]4[C@@H]5C[C@@H]6[C@H]4[C@H]3C3(OCCO3)[C@@H]6[C@@H]52)c1. The molecule has 7 rings (SSSR count). The summed E-state index contributed by atoms with van der Waals surface area (Å²) in [5.41, 5.74) is 1.11. The van der Waals surface area contributed by atoms with Crippen molar-refractivity contribution in [2.45, 2.75) is 31.1 Å². The van der Waals surface area contributed by atoms with E-state index in [1.54, 1.807) is 6.07 Å². The Labute approximate surface area is 153 Å². The maximum atomic E-state index is 13.3. The first-order valence-electron chi connectivity index (χ1n) is 10.6. The van der Waals surface area contributed by atoms with Gasteiger partial charge in [0.05, 0.1) is 13.2 Å². The first-order chi connectivity index (χ1) is 12.8. The van der Waals surface area contributed by atoms with Crippen LogP contribution in [-0.2, 0) is 15.9 Å². The Kier molecular flexibility index (Phi) is 2.83. The zero-order valence-corrected chi connectivity index (χ0v) is 14.9. The van der Waals surface area contributed by atoms with Gasteiger partial charge in [0.1, 0.15) is 5.82 Å². The van der Waals surface area contributed by atoms with Crippen molar-refractivity contribution in [3.63, 3.8) is 0 Å². The summed E-state index contributed by atoms with van der Waals surface area (Å²) in [5, 5.41) is 3.94. The predicted octanol–water partition coefficient (Wildman–Crippen LogP) is 2.85. The van der Waals surface area contributed by atoms with Gasteiger partial charge in [-0.1, -0.05) is 12.1 Å². The van der Waals surface area contributed by atoms with Crippen LogP contribution in [0.3, 0.4) is 0 Å². The standard InChI is InChI=1S/C22H26FNO2/c23-12-5-1-3-11(9-12)4-2-6-24-21-17-13-10-14-16-15(13)18(21)20(16)22(19(14)17)25-7-8-26-22/h1,3,5,9,13-21,24H,2,4,6-8,10H2/t13-,14+,15-,16+,17+,18-,19-,20+,21-/m0/s1. The average molecular weight is 355 g/mol. The van der Waals surface area contributed by atoms with Crippen LogP contribution < -0.4 is 5.32 Å². The monoisotopic (exact) mass is 355 g/mol. The molecule has 5 saturated carbocycles. The predicted molar refractivity (Wildman–Crippen MR) is 93.7 cm³/mol. The van der Waals surface area contributed by atoms with E-state index in [9.17, 15) is 4.39 Å². The van der Waals surface area contributed by atoms with Crippen LogP contribution in [0.4, 0.5) is 4.39 Å². The van der Waals surface area contributed by atoms with Gasteiger partial charge in [0.15, 0.2) is 5.79 Å². The fraction of sp³-hybridized carbons (Fsp3) is 0.727. The maximum Gasteiger partial charge on any atom is 0.175 e. The number of fused-ring (bicyclic) bond motifs is 4. The van der Waals surface area contributed by atoms with Gasteiger partial charge in [0.2, 0.25) is 0 Å². The molecule has 2 bridgehead atoms. The largest absolute Gasteiger partial charge is 0.347 e. The fourth-order valence-electron chi connectivity index (χ4n) is 8.84. The third kappa shape index (κ3) is 1.55. The van der Waals surface area contributed by atoms with E-state index in [4.69, 9.17) is 9.47 Å². The number of hydrogen-bond donors (Lipinski definition) is 1. The molecular weight excluding hydrogens is 329 g/mol. The van der Waals surface area contributed by atoms with Crippen molar-refractivity contribution in [3.05, 3.63) is 35.6 Å². The fourth-order valence-corrected chi connectivity index (χ4v) is 8.84. The summed E-state index contributed by atoms with van der Waals surface area (Å²) in [6, 6.07) is 7.71. The van der Waals surface area contributed by atoms with E-state index in [1.165, 1.54) is 12.5 Å². The van der Waals surface area contributed by atoms with Crippen molar-refractivity contribution in [1.29, 1.82) is 0 Å². The van der Waals surface area contributed by atoms with Gasteiger partial charge >= 0.3 is 0 Å². The summed E-state index contributed by atoms with van der Waals surface area (Å²) >= 11 is 0. The van der Waals surface area contributed by atoms with Gasteiger partial charge in [0, 0.05) is 17.9 Å². The molecule has 0 aromatic heterocycles. The van der Waals surface area contributed by atoms with E-state index < -0.39 is 0 Å². The van der Waals surface area contributed by atoms with Gasteiger partial charge in [-0.2, -0.15) is 0 Å². The Morgan fingerprint density at radius 1 is 1.04 bits per heavy atom. The van der Waals surface area contributed by atoms with Gasteiger partial charge < -0.3 is 14.8 Å². The molecule has 0 amide bonds. The second-order valence-corrected chi connectivity index (χ2v) is 9.56. The highest BCUT2D eigenvalue weighted by molar-refractivity contribution is 5.34. The molecule has 9 atom stereocenters. The molecule has 1 saturated heterocycles. The van der Waals surface area contributed by atoms with Crippen LogP contribution >= 0.6 is 0 Å². The highest BCUT2D eigenvalue weighted by atomic mass is 19.1. The average Bonchev–Trinajstić information content (AvgIpc) is 3.30. The molecule has 1 aliphatic heterocycles. The van der Waals surface area contributed by atoms with Gasteiger partial charge in [0.25, 0.3) is 0 Å². The number of nitrogens with one attached hydrogen (secondary N) is 1. The van der Waals surface area contributed by atoms with E-state index in [1.807, 2.05) is 12.1 Å². The Morgan fingerprint density at radius 3 is 2.77 bits per heavy atom. The van der Waals surface area contributed by atoms with E-state index in [-0.39, 0.29) is 11.6 Å². The summed E-state index contributed by atoms with van der Waals surface area (Å²) in [4.78, 5) is 0. The molecule has 6 aliphatic rings. The molecule has 0 unspecified atom stereocenters. The first-order valence-corrected chi connectivity index (χ1v) is 10.6. The van der Waals surface area contributed by atoms with Gasteiger partial charge in [-0.25, -0.2) is 4.39 Å². The topological polar surface area (TPSA) is 30.5 Å². The quantitative estimate of drug-likeness (QED) is 0.824. The first kappa shape index (κ1) is 15.0.